The molecule has 2 rings (SSSR count). The minimum absolute atomic E-state index is 0.0747. The Balaban J connectivity index is 2.05. The molecule has 0 aliphatic carbocycles. The summed E-state index contributed by atoms with van der Waals surface area (Å²) >= 11 is 1.65. The third-order valence-electron chi connectivity index (χ3n) is 3.00. The minimum atomic E-state index is -4.53. The molecular weight excluding hydrogens is 302 g/mol. The highest BCUT2D eigenvalue weighted by Crippen LogP contribution is 2.31. The molecule has 1 nitrogen and oxygen atoms in total. The van der Waals surface area contributed by atoms with E-state index in [0.717, 1.165) is 17.0 Å². The van der Waals surface area contributed by atoms with Gasteiger partial charge in [0.1, 0.15) is 5.82 Å². The molecular formula is C15H15F4NS. The van der Waals surface area contributed by atoms with Crippen LogP contribution in [-0.4, -0.2) is 6.04 Å². The Morgan fingerprint density at radius 1 is 1.19 bits per heavy atom. The summed E-state index contributed by atoms with van der Waals surface area (Å²) in [6.07, 6.45) is -3.83. The summed E-state index contributed by atoms with van der Waals surface area (Å²) in [6, 6.07) is 6.47. The number of nitrogens with one attached hydrogen (secondary N) is 1. The standard InChI is InChI=1S/C15H15F4NS/c1-9(7-12-5-3-10(2)21-12)20-14-6-4-11(8-13(14)16)15(17,18)19/h3-6,8-9,20H,7H2,1-2H3. The van der Waals surface area contributed by atoms with E-state index < -0.39 is 17.6 Å². The number of benzene rings is 1. The van der Waals surface area contributed by atoms with Crippen molar-refractivity contribution >= 4 is 17.0 Å². The van der Waals surface area contributed by atoms with Gasteiger partial charge in [-0.25, -0.2) is 4.39 Å². The molecule has 0 aliphatic heterocycles. The second-order valence-electron chi connectivity index (χ2n) is 4.95. The van der Waals surface area contributed by atoms with Crippen LogP contribution < -0.4 is 5.32 Å². The van der Waals surface area contributed by atoms with E-state index in [2.05, 4.69) is 5.32 Å². The van der Waals surface area contributed by atoms with Gasteiger partial charge in [0.05, 0.1) is 11.3 Å². The van der Waals surface area contributed by atoms with Gasteiger partial charge >= 0.3 is 6.18 Å². The number of alkyl halides is 3. The Labute approximate surface area is 124 Å². The third-order valence-corrected chi connectivity index (χ3v) is 4.02. The highest BCUT2D eigenvalue weighted by Gasteiger charge is 2.31. The van der Waals surface area contributed by atoms with Crippen LogP contribution in [0.5, 0.6) is 0 Å². The van der Waals surface area contributed by atoms with Crippen LogP contribution in [0, 0.1) is 12.7 Å². The lowest BCUT2D eigenvalue weighted by atomic mass is 10.1. The van der Waals surface area contributed by atoms with Gasteiger partial charge in [0.2, 0.25) is 0 Å². The summed E-state index contributed by atoms with van der Waals surface area (Å²) in [6.45, 7) is 3.87. The van der Waals surface area contributed by atoms with Crippen molar-refractivity contribution in [3.8, 4) is 0 Å². The lowest BCUT2D eigenvalue weighted by Crippen LogP contribution is -2.18. The van der Waals surface area contributed by atoms with Gasteiger partial charge in [-0.1, -0.05) is 0 Å². The number of thiophene rings is 1. The van der Waals surface area contributed by atoms with E-state index in [1.54, 1.807) is 11.3 Å². The highest BCUT2D eigenvalue weighted by molar-refractivity contribution is 7.11. The molecule has 1 atom stereocenters. The normalized spacial score (nSPS) is 13.2. The van der Waals surface area contributed by atoms with Crippen molar-refractivity contribution in [1.29, 1.82) is 0 Å². The van der Waals surface area contributed by atoms with Gasteiger partial charge in [-0.15, -0.1) is 11.3 Å². The fourth-order valence-corrected chi connectivity index (χ4v) is 3.04. The first-order chi connectivity index (χ1) is 9.75. The van der Waals surface area contributed by atoms with E-state index in [4.69, 9.17) is 0 Å². The van der Waals surface area contributed by atoms with Crippen molar-refractivity contribution in [3.05, 3.63) is 51.5 Å². The summed E-state index contributed by atoms with van der Waals surface area (Å²) in [5.74, 6) is -0.890. The monoisotopic (exact) mass is 317 g/mol. The van der Waals surface area contributed by atoms with E-state index in [9.17, 15) is 17.6 Å². The van der Waals surface area contributed by atoms with Gasteiger partial charge in [0.15, 0.2) is 0 Å². The fraction of sp³-hybridized carbons (Fsp3) is 0.333. The van der Waals surface area contributed by atoms with Gasteiger partial charge in [-0.2, -0.15) is 13.2 Å². The molecule has 0 saturated carbocycles. The lowest BCUT2D eigenvalue weighted by Gasteiger charge is -2.16. The van der Waals surface area contributed by atoms with Gasteiger partial charge in [0, 0.05) is 22.2 Å². The van der Waals surface area contributed by atoms with Crippen LogP contribution in [0.15, 0.2) is 30.3 Å². The predicted octanol–water partition coefficient (Wildman–Crippen LogP) is 5.26. The topological polar surface area (TPSA) is 12.0 Å². The minimum Gasteiger partial charge on any atom is -0.380 e. The summed E-state index contributed by atoms with van der Waals surface area (Å²) in [5.41, 5.74) is -0.893. The maximum absolute atomic E-state index is 13.7. The quantitative estimate of drug-likeness (QED) is 0.759. The van der Waals surface area contributed by atoms with Crippen LogP contribution in [0.2, 0.25) is 0 Å². The molecule has 0 fully saturated rings. The van der Waals surface area contributed by atoms with Crippen LogP contribution in [0.25, 0.3) is 0 Å². The first-order valence-electron chi connectivity index (χ1n) is 6.44. The number of rotatable bonds is 4. The summed E-state index contributed by atoms with van der Waals surface area (Å²) in [4.78, 5) is 2.35. The van der Waals surface area contributed by atoms with Crippen LogP contribution in [0.4, 0.5) is 23.2 Å². The van der Waals surface area contributed by atoms with Crippen molar-refractivity contribution in [1.82, 2.24) is 0 Å². The number of aryl methyl sites for hydroxylation is 1. The average Bonchev–Trinajstić information content (AvgIpc) is 2.76. The van der Waals surface area contributed by atoms with Gasteiger partial charge in [0.25, 0.3) is 0 Å². The molecule has 6 heteroatoms. The molecule has 1 unspecified atom stereocenters. The van der Waals surface area contributed by atoms with Gasteiger partial charge in [-0.05, 0) is 44.2 Å². The Hall–Kier alpha value is -1.56. The molecule has 0 amide bonds. The van der Waals surface area contributed by atoms with Crippen molar-refractivity contribution in [2.45, 2.75) is 32.5 Å². The Bertz CT molecular complexity index is 618. The molecule has 0 aliphatic rings. The maximum Gasteiger partial charge on any atom is 0.416 e. The molecule has 1 aromatic heterocycles. The van der Waals surface area contributed by atoms with Gasteiger partial charge < -0.3 is 5.32 Å². The van der Waals surface area contributed by atoms with E-state index in [1.165, 1.54) is 4.88 Å². The molecule has 114 valence electrons. The lowest BCUT2D eigenvalue weighted by molar-refractivity contribution is -0.137. The highest BCUT2D eigenvalue weighted by atomic mass is 32.1. The second kappa shape index (κ2) is 6.05. The van der Waals surface area contributed by atoms with Crippen molar-refractivity contribution in [2.75, 3.05) is 5.32 Å². The Morgan fingerprint density at radius 2 is 1.90 bits per heavy atom. The number of hydrogen-bond acceptors (Lipinski definition) is 2. The maximum atomic E-state index is 13.7. The fourth-order valence-electron chi connectivity index (χ4n) is 2.02. The molecule has 0 bridgehead atoms. The second-order valence-corrected chi connectivity index (χ2v) is 6.33. The third kappa shape index (κ3) is 4.20. The molecule has 1 N–H and O–H groups in total. The van der Waals surface area contributed by atoms with E-state index in [0.29, 0.717) is 12.5 Å². The van der Waals surface area contributed by atoms with E-state index in [1.807, 2.05) is 26.0 Å². The number of halogens is 4. The number of anilines is 1. The molecule has 1 heterocycles. The Kier molecular flexibility index (Phi) is 4.56. The van der Waals surface area contributed by atoms with Gasteiger partial charge in [-0.3, -0.25) is 0 Å². The smallest absolute Gasteiger partial charge is 0.380 e. The molecule has 0 saturated heterocycles. The molecule has 2 aromatic rings. The van der Waals surface area contributed by atoms with Crippen LogP contribution in [0.1, 0.15) is 22.2 Å². The SMILES string of the molecule is Cc1ccc(CC(C)Nc2ccc(C(F)(F)F)cc2F)s1. The van der Waals surface area contributed by atoms with Crippen molar-refractivity contribution < 1.29 is 17.6 Å². The van der Waals surface area contributed by atoms with Crippen molar-refractivity contribution in [2.24, 2.45) is 0 Å². The molecule has 1 aromatic carbocycles. The number of hydrogen-bond donors (Lipinski definition) is 1. The summed E-state index contributed by atoms with van der Waals surface area (Å²) in [5, 5.41) is 2.91. The Morgan fingerprint density at radius 3 is 2.43 bits per heavy atom. The van der Waals surface area contributed by atoms with Crippen molar-refractivity contribution in [3.63, 3.8) is 0 Å². The van der Waals surface area contributed by atoms with E-state index >= 15 is 0 Å². The zero-order chi connectivity index (χ0) is 15.6. The van der Waals surface area contributed by atoms with E-state index in [-0.39, 0.29) is 11.7 Å². The van der Waals surface area contributed by atoms with Crippen LogP contribution >= 0.6 is 11.3 Å². The predicted molar refractivity (Wildman–Crippen MR) is 77.2 cm³/mol. The summed E-state index contributed by atoms with van der Waals surface area (Å²) < 4.78 is 51.1. The molecule has 0 spiro atoms. The zero-order valence-corrected chi connectivity index (χ0v) is 12.4. The largest absolute Gasteiger partial charge is 0.416 e. The first kappa shape index (κ1) is 15.8. The van der Waals surface area contributed by atoms with Crippen LogP contribution in [0.3, 0.4) is 0 Å². The summed E-state index contributed by atoms with van der Waals surface area (Å²) in [7, 11) is 0. The molecule has 0 radical (unpaired) electrons. The molecule has 21 heavy (non-hydrogen) atoms. The zero-order valence-electron chi connectivity index (χ0n) is 11.6. The average molecular weight is 317 g/mol. The van der Waals surface area contributed by atoms with Crippen LogP contribution in [-0.2, 0) is 12.6 Å². The first-order valence-corrected chi connectivity index (χ1v) is 7.26.